The van der Waals surface area contributed by atoms with Gasteiger partial charge in [-0.15, -0.1) is 11.6 Å². The zero-order valence-electron chi connectivity index (χ0n) is 8.06. The highest BCUT2D eigenvalue weighted by molar-refractivity contribution is 6.18. The molecule has 0 fully saturated rings. The van der Waals surface area contributed by atoms with Crippen molar-refractivity contribution in [3.05, 3.63) is 35.1 Å². The van der Waals surface area contributed by atoms with Crippen LogP contribution in [0, 0.1) is 29.0 Å². The number of hydrogen-bond donors (Lipinski definition) is 0. The van der Waals surface area contributed by atoms with Crippen molar-refractivity contribution in [1.82, 2.24) is 0 Å². The van der Waals surface area contributed by atoms with Crippen molar-refractivity contribution in [3.63, 3.8) is 0 Å². The van der Waals surface area contributed by atoms with Gasteiger partial charge in [0.05, 0.1) is 18.1 Å². The average Bonchev–Trinajstić information content (AvgIpc) is 2.23. The topological polar surface area (TPSA) is 23.8 Å². The molecule has 0 heterocycles. The fourth-order valence-electron chi connectivity index (χ4n) is 1.07. The van der Waals surface area contributed by atoms with Gasteiger partial charge in [0.2, 0.25) is 0 Å². The minimum atomic E-state index is -0.362. The quantitative estimate of drug-likeness (QED) is 0.557. The van der Waals surface area contributed by atoms with Gasteiger partial charge in [-0.3, -0.25) is 0 Å². The second-order valence-corrected chi connectivity index (χ2v) is 3.27. The van der Waals surface area contributed by atoms with E-state index in [2.05, 4.69) is 11.8 Å². The molecule has 3 heteroatoms. The fraction of sp³-hybridized carbons (Fsp3) is 0.250. The lowest BCUT2D eigenvalue weighted by atomic mass is 10.1. The molecule has 1 aromatic carbocycles. The second kappa shape index (κ2) is 6.06. The van der Waals surface area contributed by atoms with Crippen LogP contribution in [0.2, 0.25) is 0 Å². The molecule has 0 aliphatic heterocycles. The van der Waals surface area contributed by atoms with Gasteiger partial charge in [-0.2, -0.15) is 5.26 Å². The first-order valence-corrected chi connectivity index (χ1v) is 5.01. The SMILES string of the molecule is N#CCc1ccc(F)c(C#CCCCl)c1. The normalized spacial score (nSPS) is 8.87. The Balaban J connectivity index is 2.92. The summed E-state index contributed by atoms with van der Waals surface area (Å²) in [6, 6.07) is 6.52. The van der Waals surface area contributed by atoms with Crippen LogP contribution in [0.1, 0.15) is 17.5 Å². The summed E-state index contributed by atoms with van der Waals surface area (Å²) in [6.45, 7) is 0. The Bertz CT molecular complexity index is 437. The maximum atomic E-state index is 13.2. The second-order valence-electron chi connectivity index (χ2n) is 2.89. The van der Waals surface area contributed by atoms with Crippen LogP contribution in [0.15, 0.2) is 18.2 Å². The zero-order chi connectivity index (χ0) is 11.1. The lowest BCUT2D eigenvalue weighted by Crippen LogP contribution is -1.88. The van der Waals surface area contributed by atoms with Gasteiger partial charge >= 0.3 is 0 Å². The molecule has 0 N–H and O–H groups in total. The number of nitriles is 1. The van der Waals surface area contributed by atoms with Gasteiger partial charge < -0.3 is 0 Å². The van der Waals surface area contributed by atoms with E-state index >= 15 is 0 Å². The predicted molar refractivity (Wildman–Crippen MR) is 57.9 cm³/mol. The summed E-state index contributed by atoms with van der Waals surface area (Å²) >= 11 is 5.45. The first-order chi connectivity index (χ1) is 7.27. The van der Waals surface area contributed by atoms with E-state index in [-0.39, 0.29) is 12.2 Å². The minimum absolute atomic E-state index is 0.268. The van der Waals surface area contributed by atoms with E-state index in [0.717, 1.165) is 5.56 Å². The van der Waals surface area contributed by atoms with Gasteiger partial charge in [-0.1, -0.05) is 17.9 Å². The number of halogens is 2. The molecule has 0 spiro atoms. The van der Waals surface area contributed by atoms with Crippen molar-refractivity contribution < 1.29 is 4.39 Å². The van der Waals surface area contributed by atoms with E-state index in [4.69, 9.17) is 16.9 Å². The molecule has 0 atom stereocenters. The maximum absolute atomic E-state index is 13.2. The summed E-state index contributed by atoms with van der Waals surface area (Å²) in [6.07, 6.45) is 0.800. The van der Waals surface area contributed by atoms with E-state index in [1.165, 1.54) is 6.07 Å². The summed E-state index contributed by atoms with van der Waals surface area (Å²) in [7, 11) is 0. The number of benzene rings is 1. The smallest absolute Gasteiger partial charge is 0.138 e. The summed E-state index contributed by atoms with van der Waals surface area (Å²) < 4.78 is 13.2. The van der Waals surface area contributed by atoms with E-state index in [0.29, 0.717) is 17.9 Å². The van der Waals surface area contributed by atoms with Crippen molar-refractivity contribution in [2.24, 2.45) is 0 Å². The molecule has 76 valence electrons. The van der Waals surface area contributed by atoms with Crippen molar-refractivity contribution in [2.45, 2.75) is 12.8 Å². The summed E-state index contributed by atoms with van der Waals surface area (Å²) in [5.41, 5.74) is 1.10. The molecular formula is C12H9ClFN. The third kappa shape index (κ3) is 3.62. The maximum Gasteiger partial charge on any atom is 0.138 e. The van der Waals surface area contributed by atoms with Crippen LogP contribution < -0.4 is 0 Å². The molecule has 0 bridgehead atoms. The molecule has 0 amide bonds. The molecule has 0 saturated carbocycles. The monoisotopic (exact) mass is 221 g/mol. The molecule has 0 saturated heterocycles. The average molecular weight is 222 g/mol. The van der Waals surface area contributed by atoms with Gasteiger partial charge in [0.15, 0.2) is 0 Å². The Morgan fingerprint density at radius 3 is 2.87 bits per heavy atom. The molecule has 1 nitrogen and oxygen atoms in total. The Kier molecular flexibility index (Phi) is 4.68. The van der Waals surface area contributed by atoms with Gasteiger partial charge in [-0.05, 0) is 17.7 Å². The molecule has 0 aliphatic rings. The standard InChI is InChI=1S/C12H9ClFN/c13-7-2-1-3-11-9-10(6-8-15)4-5-12(11)14/h4-5,9H,2,6-7H2. The summed E-state index contributed by atoms with van der Waals surface area (Å²) in [5.74, 6) is 5.53. The molecule has 0 radical (unpaired) electrons. The summed E-state index contributed by atoms with van der Waals surface area (Å²) in [5, 5.41) is 8.50. The van der Waals surface area contributed by atoms with Crippen molar-refractivity contribution in [3.8, 4) is 17.9 Å². The highest BCUT2D eigenvalue weighted by Crippen LogP contribution is 2.09. The Morgan fingerprint density at radius 1 is 1.40 bits per heavy atom. The lowest BCUT2D eigenvalue weighted by molar-refractivity contribution is 0.623. The van der Waals surface area contributed by atoms with Crippen LogP contribution in [0.25, 0.3) is 0 Å². The fourth-order valence-corrected chi connectivity index (χ4v) is 1.17. The van der Waals surface area contributed by atoms with Crippen molar-refractivity contribution in [1.29, 1.82) is 5.26 Å². The third-order valence-corrected chi connectivity index (χ3v) is 1.95. The van der Waals surface area contributed by atoms with Gasteiger partial charge in [0, 0.05) is 12.3 Å². The molecule has 1 rings (SSSR count). The Hall–Kier alpha value is -1.51. The van der Waals surface area contributed by atoms with Crippen molar-refractivity contribution in [2.75, 3.05) is 5.88 Å². The first-order valence-electron chi connectivity index (χ1n) is 4.48. The molecule has 0 aromatic heterocycles. The lowest BCUT2D eigenvalue weighted by Gasteiger charge is -1.97. The molecule has 1 aromatic rings. The van der Waals surface area contributed by atoms with Crippen LogP contribution in [0.5, 0.6) is 0 Å². The predicted octanol–water partition coefficient (Wildman–Crippen LogP) is 2.87. The van der Waals surface area contributed by atoms with Gasteiger partial charge in [-0.25, -0.2) is 4.39 Å². The van der Waals surface area contributed by atoms with Crippen LogP contribution in [-0.4, -0.2) is 5.88 Å². The van der Waals surface area contributed by atoms with E-state index < -0.39 is 0 Å². The number of rotatable bonds is 2. The number of hydrogen-bond acceptors (Lipinski definition) is 1. The largest absolute Gasteiger partial charge is 0.206 e. The third-order valence-electron chi connectivity index (χ3n) is 1.76. The molecule has 0 aliphatic carbocycles. The number of alkyl halides is 1. The van der Waals surface area contributed by atoms with Crippen LogP contribution in [0.3, 0.4) is 0 Å². The Morgan fingerprint density at radius 2 is 2.20 bits per heavy atom. The van der Waals surface area contributed by atoms with Crippen LogP contribution in [-0.2, 0) is 6.42 Å². The summed E-state index contributed by atoms with van der Waals surface area (Å²) in [4.78, 5) is 0. The molecule has 15 heavy (non-hydrogen) atoms. The zero-order valence-corrected chi connectivity index (χ0v) is 8.81. The minimum Gasteiger partial charge on any atom is -0.206 e. The Labute approximate surface area is 93.5 Å². The van der Waals surface area contributed by atoms with Crippen LogP contribution in [0.4, 0.5) is 4.39 Å². The number of nitrogens with zero attached hydrogens (tertiary/aromatic N) is 1. The van der Waals surface area contributed by atoms with E-state index in [9.17, 15) is 4.39 Å². The highest BCUT2D eigenvalue weighted by atomic mass is 35.5. The van der Waals surface area contributed by atoms with E-state index in [1.54, 1.807) is 12.1 Å². The van der Waals surface area contributed by atoms with Crippen molar-refractivity contribution >= 4 is 11.6 Å². The van der Waals surface area contributed by atoms with E-state index in [1.807, 2.05) is 6.07 Å². The van der Waals surface area contributed by atoms with Gasteiger partial charge in [0.1, 0.15) is 5.82 Å². The van der Waals surface area contributed by atoms with Crippen LogP contribution >= 0.6 is 11.6 Å². The first kappa shape index (κ1) is 11.6. The molecular weight excluding hydrogens is 213 g/mol. The van der Waals surface area contributed by atoms with Gasteiger partial charge in [0.25, 0.3) is 0 Å². The molecule has 0 unspecified atom stereocenters. The highest BCUT2D eigenvalue weighted by Gasteiger charge is 2.00.